The lowest BCUT2D eigenvalue weighted by molar-refractivity contribution is -0.115. The molecule has 0 spiro atoms. The summed E-state index contributed by atoms with van der Waals surface area (Å²) in [5.74, 6) is -0.656. The molecule has 8 heteroatoms. The van der Waals surface area contributed by atoms with Crippen LogP contribution in [0.3, 0.4) is 0 Å². The number of halogens is 2. The van der Waals surface area contributed by atoms with Gasteiger partial charge in [-0.2, -0.15) is 0 Å². The molecule has 23 heavy (non-hydrogen) atoms. The van der Waals surface area contributed by atoms with Crippen molar-refractivity contribution in [3.8, 4) is 0 Å². The second-order valence-electron chi connectivity index (χ2n) is 4.77. The van der Waals surface area contributed by atoms with E-state index in [1.54, 1.807) is 48.5 Å². The standard InChI is InChI=1S/C15H14BrClN2O3S/c16-12-6-4-11(5-7-12)10-23(21,22)18-9-15(20)19-14-3-1-2-13(17)8-14/h1-8,18H,9-10H2,(H,19,20). The van der Waals surface area contributed by atoms with Gasteiger partial charge in [-0.15, -0.1) is 0 Å². The van der Waals surface area contributed by atoms with Crippen molar-refractivity contribution in [2.45, 2.75) is 5.75 Å². The Balaban J connectivity index is 1.88. The smallest absolute Gasteiger partial charge is 0.239 e. The van der Waals surface area contributed by atoms with Crippen LogP contribution < -0.4 is 10.0 Å². The van der Waals surface area contributed by atoms with Gasteiger partial charge in [-0.3, -0.25) is 4.79 Å². The first-order valence-electron chi connectivity index (χ1n) is 6.61. The molecule has 122 valence electrons. The number of amides is 1. The monoisotopic (exact) mass is 416 g/mol. The molecule has 0 aromatic heterocycles. The molecule has 0 bridgehead atoms. The highest BCUT2D eigenvalue weighted by molar-refractivity contribution is 9.10. The number of benzene rings is 2. The lowest BCUT2D eigenvalue weighted by atomic mass is 10.2. The number of carbonyl (C=O) groups excluding carboxylic acids is 1. The fourth-order valence-electron chi connectivity index (χ4n) is 1.80. The summed E-state index contributed by atoms with van der Waals surface area (Å²) in [6, 6.07) is 13.5. The van der Waals surface area contributed by atoms with E-state index in [2.05, 4.69) is 26.0 Å². The van der Waals surface area contributed by atoms with Crippen LogP contribution in [0.1, 0.15) is 5.56 Å². The van der Waals surface area contributed by atoms with Crippen molar-refractivity contribution in [3.05, 3.63) is 63.6 Å². The van der Waals surface area contributed by atoms with Crippen LogP contribution in [0.15, 0.2) is 53.0 Å². The maximum absolute atomic E-state index is 12.0. The molecule has 0 aliphatic heterocycles. The SMILES string of the molecule is O=C(CNS(=O)(=O)Cc1ccc(Br)cc1)Nc1cccc(Cl)c1. The van der Waals surface area contributed by atoms with Crippen LogP contribution in [-0.2, 0) is 20.6 Å². The predicted octanol–water partition coefficient (Wildman–Crippen LogP) is 3.16. The van der Waals surface area contributed by atoms with Gasteiger partial charge in [0, 0.05) is 15.2 Å². The van der Waals surface area contributed by atoms with Gasteiger partial charge in [-0.25, -0.2) is 13.1 Å². The van der Waals surface area contributed by atoms with E-state index in [1.165, 1.54) is 0 Å². The molecule has 0 heterocycles. The molecule has 0 aliphatic rings. The highest BCUT2D eigenvalue weighted by Gasteiger charge is 2.13. The fraction of sp³-hybridized carbons (Fsp3) is 0.133. The van der Waals surface area contributed by atoms with E-state index in [1.807, 2.05) is 0 Å². The van der Waals surface area contributed by atoms with Crippen LogP contribution in [0.4, 0.5) is 5.69 Å². The molecule has 0 aliphatic carbocycles. The Labute approximate surface area is 148 Å². The summed E-state index contributed by atoms with van der Waals surface area (Å²) in [5.41, 5.74) is 1.14. The third kappa shape index (κ3) is 6.31. The average molecular weight is 418 g/mol. The van der Waals surface area contributed by atoms with Gasteiger partial charge in [-0.05, 0) is 35.9 Å². The summed E-state index contributed by atoms with van der Waals surface area (Å²) in [5, 5.41) is 3.05. The molecule has 2 aromatic carbocycles. The van der Waals surface area contributed by atoms with Gasteiger partial charge in [-0.1, -0.05) is 45.7 Å². The van der Waals surface area contributed by atoms with Gasteiger partial charge >= 0.3 is 0 Å². The minimum atomic E-state index is -3.60. The molecule has 2 aromatic rings. The first-order chi connectivity index (χ1) is 10.8. The highest BCUT2D eigenvalue weighted by Crippen LogP contribution is 2.15. The van der Waals surface area contributed by atoms with Crippen molar-refractivity contribution in [2.24, 2.45) is 0 Å². The summed E-state index contributed by atoms with van der Waals surface area (Å²) >= 11 is 9.10. The first-order valence-corrected chi connectivity index (χ1v) is 9.43. The van der Waals surface area contributed by atoms with Gasteiger partial charge < -0.3 is 5.32 Å². The summed E-state index contributed by atoms with van der Waals surface area (Å²) in [6.07, 6.45) is 0. The number of rotatable bonds is 6. The summed E-state index contributed by atoms with van der Waals surface area (Å²) in [6.45, 7) is -0.342. The number of carbonyl (C=O) groups is 1. The van der Waals surface area contributed by atoms with Gasteiger partial charge in [0.2, 0.25) is 15.9 Å². The van der Waals surface area contributed by atoms with Crippen LogP contribution in [0.25, 0.3) is 0 Å². The fourth-order valence-corrected chi connectivity index (χ4v) is 3.34. The number of hydrogen-bond acceptors (Lipinski definition) is 3. The van der Waals surface area contributed by atoms with Crippen LogP contribution in [-0.4, -0.2) is 20.9 Å². The lowest BCUT2D eigenvalue weighted by Gasteiger charge is -2.08. The zero-order chi connectivity index (χ0) is 16.9. The molecule has 2 rings (SSSR count). The second-order valence-corrected chi connectivity index (χ2v) is 7.92. The number of anilines is 1. The van der Waals surface area contributed by atoms with Crippen molar-refractivity contribution >= 4 is 49.1 Å². The van der Waals surface area contributed by atoms with Crippen LogP contribution in [0, 0.1) is 0 Å². The van der Waals surface area contributed by atoms with E-state index in [-0.39, 0.29) is 12.3 Å². The molecule has 2 N–H and O–H groups in total. The zero-order valence-corrected chi connectivity index (χ0v) is 15.1. The molecular weight excluding hydrogens is 404 g/mol. The molecule has 0 fully saturated rings. The maximum atomic E-state index is 12.0. The van der Waals surface area contributed by atoms with Crippen LogP contribution in [0.2, 0.25) is 5.02 Å². The first kappa shape index (κ1) is 17.9. The van der Waals surface area contributed by atoms with Crippen LogP contribution >= 0.6 is 27.5 Å². The molecule has 0 unspecified atom stereocenters. The quantitative estimate of drug-likeness (QED) is 0.758. The van der Waals surface area contributed by atoms with E-state index in [9.17, 15) is 13.2 Å². The lowest BCUT2D eigenvalue weighted by Crippen LogP contribution is -2.33. The van der Waals surface area contributed by atoms with Crippen molar-refractivity contribution in [1.82, 2.24) is 4.72 Å². The topological polar surface area (TPSA) is 75.3 Å². The molecule has 1 amide bonds. The van der Waals surface area contributed by atoms with Gasteiger partial charge in [0.1, 0.15) is 0 Å². The molecule has 0 atom stereocenters. The maximum Gasteiger partial charge on any atom is 0.239 e. The highest BCUT2D eigenvalue weighted by atomic mass is 79.9. The second kappa shape index (κ2) is 7.92. The normalized spacial score (nSPS) is 11.2. The van der Waals surface area contributed by atoms with Crippen LogP contribution in [0.5, 0.6) is 0 Å². The zero-order valence-electron chi connectivity index (χ0n) is 11.9. The van der Waals surface area contributed by atoms with E-state index in [0.29, 0.717) is 16.3 Å². The average Bonchev–Trinajstić information content (AvgIpc) is 2.48. The van der Waals surface area contributed by atoms with Crippen molar-refractivity contribution in [1.29, 1.82) is 0 Å². The Bertz CT molecular complexity index is 795. The Morgan fingerprint density at radius 1 is 1.13 bits per heavy atom. The Kier molecular flexibility index (Phi) is 6.17. The Morgan fingerprint density at radius 3 is 2.48 bits per heavy atom. The van der Waals surface area contributed by atoms with E-state index < -0.39 is 15.9 Å². The number of sulfonamides is 1. The third-order valence-electron chi connectivity index (χ3n) is 2.83. The minimum absolute atomic E-state index is 0.190. The van der Waals surface area contributed by atoms with Crippen molar-refractivity contribution < 1.29 is 13.2 Å². The molecule has 0 radical (unpaired) electrons. The summed E-state index contributed by atoms with van der Waals surface area (Å²) in [4.78, 5) is 11.8. The van der Waals surface area contributed by atoms with E-state index >= 15 is 0 Å². The Morgan fingerprint density at radius 2 is 1.83 bits per heavy atom. The van der Waals surface area contributed by atoms with Gasteiger partial charge in [0.05, 0.1) is 12.3 Å². The minimum Gasteiger partial charge on any atom is -0.325 e. The number of hydrogen-bond donors (Lipinski definition) is 2. The van der Waals surface area contributed by atoms with E-state index in [0.717, 1.165) is 4.47 Å². The summed E-state index contributed by atoms with van der Waals surface area (Å²) in [7, 11) is -3.60. The molecule has 0 saturated heterocycles. The van der Waals surface area contributed by atoms with Crippen molar-refractivity contribution in [3.63, 3.8) is 0 Å². The molecule has 0 saturated carbocycles. The Hall–Kier alpha value is -1.41. The number of nitrogens with one attached hydrogen (secondary N) is 2. The summed E-state index contributed by atoms with van der Waals surface area (Å²) < 4.78 is 27.1. The van der Waals surface area contributed by atoms with Gasteiger partial charge in [0.25, 0.3) is 0 Å². The third-order valence-corrected chi connectivity index (χ3v) is 4.89. The molecule has 5 nitrogen and oxygen atoms in total. The van der Waals surface area contributed by atoms with Crippen molar-refractivity contribution in [2.75, 3.05) is 11.9 Å². The van der Waals surface area contributed by atoms with Gasteiger partial charge in [0.15, 0.2) is 0 Å². The molecular formula is C15H14BrClN2O3S. The largest absolute Gasteiger partial charge is 0.325 e. The van der Waals surface area contributed by atoms with E-state index in [4.69, 9.17) is 11.6 Å². The predicted molar refractivity (Wildman–Crippen MR) is 94.9 cm³/mol.